The van der Waals surface area contributed by atoms with Crippen LogP contribution in [-0.4, -0.2) is 24.3 Å². The zero-order valence-electron chi connectivity index (χ0n) is 7.56. The molecule has 12 heavy (non-hydrogen) atoms. The van der Waals surface area contributed by atoms with Crippen molar-refractivity contribution < 1.29 is 9.47 Å². The Morgan fingerprint density at radius 2 is 1.50 bits per heavy atom. The molecule has 0 aliphatic rings. The molecule has 0 radical (unpaired) electrons. The minimum Gasteiger partial charge on any atom is -0.353 e. The van der Waals surface area contributed by atoms with Crippen LogP contribution < -0.4 is 0 Å². The van der Waals surface area contributed by atoms with Gasteiger partial charge in [-0.25, -0.2) is 0 Å². The van der Waals surface area contributed by atoms with Crippen LogP contribution in [0.5, 0.6) is 0 Å². The lowest BCUT2D eigenvalue weighted by Gasteiger charge is -2.16. The topological polar surface area (TPSA) is 18.5 Å². The Hall–Kier alpha value is 0.500. The lowest BCUT2D eigenvalue weighted by Crippen LogP contribution is -2.17. The summed E-state index contributed by atoms with van der Waals surface area (Å²) >= 11 is 11.2. The Bertz CT molecular complexity index is 93.1. The Morgan fingerprint density at radius 1 is 1.00 bits per heavy atom. The predicted molar refractivity (Wildman–Crippen MR) is 51.8 cm³/mol. The Labute approximate surface area is 84.1 Å². The highest BCUT2D eigenvalue weighted by Crippen LogP contribution is 2.13. The second-order valence-electron chi connectivity index (χ2n) is 2.31. The zero-order chi connectivity index (χ0) is 9.40. The molecule has 0 N–H and O–H groups in total. The molecule has 0 rings (SSSR count). The van der Waals surface area contributed by atoms with Gasteiger partial charge in [0, 0.05) is 19.6 Å². The molecule has 0 aromatic heterocycles. The monoisotopic (exact) mass is 214 g/mol. The Morgan fingerprint density at radius 3 is 1.83 bits per heavy atom. The van der Waals surface area contributed by atoms with E-state index in [-0.39, 0.29) is 11.1 Å². The van der Waals surface area contributed by atoms with Gasteiger partial charge in [0.2, 0.25) is 0 Å². The molecule has 0 spiro atoms. The van der Waals surface area contributed by atoms with Crippen LogP contribution in [0.15, 0.2) is 0 Å². The van der Waals surface area contributed by atoms with Crippen LogP contribution in [0.2, 0.25) is 0 Å². The first-order chi connectivity index (χ1) is 5.70. The quantitative estimate of drug-likeness (QED) is 0.480. The number of alkyl halides is 2. The van der Waals surface area contributed by atoms with Crippen LogP contribution in [0, 0.1) is 0 Å². The lowest BCUT2D eigenvalue weighted by molar-refractivity contribution is -0.139. The van der Waals surface area contributed by atoms with E-state index in [1.165, 1.54) is 0 Å². The molecular weight excluding hydrogens is 199 g/mol. The highest BCUT2D eigenvalue weighted by Gasteiger charge is 2.09. The summed E-state index contributed by atoms with van der Waals surface area (Å²) in [6.45, 7) is 5.18. The third-order valence-corrected chi connectivity index (χ3v) is 1.76. The average Bonchev–Trinajstić information content (AvgIpc) is 2.01. The molecule has 0 aromatic rings. The Kier molecular flexibility index (Phi) is 8.45. The largest absolute Gasteiger partial charge is 0.353 e. The van der Waals surface area contributed by atoms with Crippen LogP contribution in [0.1, 0.15) is 26.7 Å². The van der Waals surface area contributed by atoms with E-state index in [2.05, 4.69) is 0 Å². The van der Waals surface area contributed by atoms with Crippen LogP contribution in [0.4, 0.5) is 0 Å². The first-order valence-corrected chi connectivity index (χ1v) is 5.09. The fraction of sp³-hybridized carbons (Fsp3) is 1.00. The van der Waals surface area contributed by atoms with Crippen molar-refractivity contribution in [3.8, 4) is 0 Å². The summed E-state index contributed by atoms with van der Waals surface area (Å²) in [6, 6.07) is 0. The summed E-state index contributed by atoms with van der Waals surface area (Å²) in [5.74, 6) is 0. The van der Waals surface area contributed by atoms with E-state index in [1.807, 2.05) is 13.8 Å². The molecule has 0 atom stereocenters. The van der Waals surface area contributed by atoms with Crippen LogP contribution >= 0.6 is 23.2 Å². The normalized spacial score (nSPS) is 11.5. The number of halogens is 2. The van der Waals surface area contributed by atoms with Gasteiger partial charge in [-0.05, 0) is 20.3 Å². The van der Waals surface area contributed by atoms with Gasteiger partial charge in [0.25, 0.3) is 0 Å². The molecule has 0 aromatic carbocycles. The van der Waals surface area contributed by atoms with Gasteiger partial charge >= 0.3 is 0 Å². The van der Waals surface area contributed by atoms with Crippen LogP contribution in [0.25, 0.3) is 0 Å². The summed E-state index contributed by atoms with van der Waals surface area (Å²) < 4.78 is 10.6. The van der Waals surface area contributed by atoms with Crippen molar-refractivity contribution in [3.63, 3.8) is 0 Å². The second-order valence-corrected chi connectivity index (χ2v) is 3.59. The first kappa shape index (κ1) is 12.5. The van der Waals surface area contributed by atoms with E-state index >= 15 is 0 Å². The standard InChI is InChI=1S/C8H16Cl2O2/c1-3-11-8(12-4-2)6-5-7(9)10/h7-8H,3-6H2,1-2H3. The number of hydrogen-bond acceptors (Lipinski definition) is 2. The van der Waals surface area contributed by atoms with E-state index in [0.717, 1.165) is 6.42 Å². The molecule has 0 fully saturated rings. The van der Waals surface area contributed by atoms with Crippen LogP contribution in [-0.2, 0) is 9.47 Å². The fourth-order valence-corrected chi connectivity index (χ4v) is 1.10. The third-order valence-electron chi connectivity index (χ3n) is 1.33. The highest BCUT2D eigenvalue weighted by molar-refractivity contribution is 6.44. The van der Waals surface area contributed by atoms with Gasteiger partial charge in [0.15, 0.2) is 6.29 Å². The molecule has 0 heterocycles. The Balaban J connectivity index is 3.48. The number of ether oxygens (including phenoxy) is 2. The molecule has 0 saturated heterocycles. The van der Waals surface area contributed by atoms with Gasteiger partial charge < -0.3 is 9.47 Å². The van der Waals surface area contributed by atoms with Gasteiger partial charge in [0.05, 0.1) is 0 Å². The zero-order valence-corrected chi connectivity index (χ0v) is 9.07. The summed E-state index contributed by atoms with van der Waals surface area (Å²) in [4.78, 5) is -0.326. The molecule has 4 heteroatoms. The van der Waals surface area contributed by atoms with Crippen molar-refractivity contribution in [1.82, 2.24) is 0 Å². The van der Waals surface area contributed by atoms with E-state index in [9.17, 15) is 0 Å². The van der Waals surface area contributed by atoms with Crippen molar-refractivity contribution >= 4 is 23.2 Å². The predicted octanol–water partition coefficient (Wildman–Crippen LogP) is 2.97. The van der Waals surface area contributed by atoms with Crippen molar-refractivity contribution in [1.29, 1.82) is 0 Å². The summed E-state index contributed by atoms with van der Waals surface area (Å²) in [6.07, 6.45) is 1.30. The average molecular weight is 215 g/mol. The minimum atomic E-state index is -0.326. The van der Waals surface area contributed by atoms with Gasteiger partial charge in [-0.1, -0.05) is 0 Å². The van der Waals surface area contributed by atoms with Gasteiger partial charge in [-0.2, -0.15) is 0 Å². The minimum absolute atomic E-state index is 0.153. The molecular formula is C8H16Cl2O2. The summed E-state index contributed by atoms with van der Waals surface area (Å²) in [7, 11) is 0. The van der Waals surface area contributed by atoms with E-state index in [4.69, 9.17) is 32.7 Å². The molecule has 0 amide bonds. The maximum Gasteiger partial charge on any atom is 0.157 e. The second kappa shape index (κ2) is 8.11. The van der Waals surface area contributed by atoms with E-state index < -0.39 is 0 Å². The molecule has 0 bridgehead atoms. The molecule has 0 unspecified atom stereocenters. The maximum atomic E-state index is 5.58. The lowest BCUT2D eigenvalue weighted by atomic mass is 10.3. The third kappa shape index (κ3) is 7.17. The fourth-order valence-electron chi connectivity index (χ4n) is 0.849. The number of hydrogen-bond donors (Lipinski definition) is 0. The van der Waals surface area contributed by atoms with Crippen molar-refractivity contribution in [3.05, 3.63) is 0 Å². The molecule has 0 aliphatic carbocycles. The van der Waals surface area contributed by atoms with Crippen molar-refractivity contribution in [2.45, 2.75) is 37.8 Å². The van der Waals surface area contributed by atoms with E-state index in [0.29, 0.717) is 19.6 Å². The first-order valence-electron chi connectivity index (χ1n) is 4.22. The highest BCUT2D eigenvalue weighted by atomic mass is 35.5. The molecule has 0 aliphatic heterocycles. The van der Waals surface area contributed by atoms with Gasteiger partial charge in [-0.3, -0.25) is 0 Å². The van der Waals surface area contributed by atoms with Gasteiger partial charge in [-0.15, -0.1) is 23.2 Å². The molecule has 2 nitrogen and oxygen atoms in total. The van der Waals surface area contributed by atoms with Crippen LogP contribution in [0.3, 0.4) is 0 Å². The summed E-state index contributed by atoms with van der Waals surface area (Å²) in [5, 5.41) is 0. The summed E-state index contributed by atoms with van der Waals surface area (Å²) in [5.41, 5.74) is 0. The van der Waals surface area contributed by atoms with Gasteiger partial charge in [0.1, 0.15) is 4.84 Å². The molecule has 74 valence electrons. The smallest absolute Gasteiger partial charge is 0.157 e. The molecule has 0 saturated carbocycles. The maximum absolute atomic E-state index is 5.58. The SMILES string of the molecule is CCOC(CCC(Cl)Cl)OCC. The number of rotatable bonds is 7. The van der Waals surface area contributed by atoms with Crippen molar-refractivity contribution in [2.24, 2.45) is 0 Å². The van der Waals surface area contributed by atoms with E-state index in [1.54, 1.807) is 0 Å². The van der Waals surface area contributed by atoms with Crippen molar-refractivity contribution in [2.75, 3.05) is 13.2 Å².